The molecule has 0 atom stereocenters. The van der Waals surface area contributed by atoms with Crippen LogP contribution in [0.5, 0.6) is 5.88 Å². The molecule has 5 N–H and O–H groups in total. The van der Waals surface area contributed by atoms with Gasteiger partial charge in [0.25, 0.3) is 11.8 Å². The number of aromatic nitrogens is 1. The molecule has 0 fully saturated rings. The van der Waals surface area contributed by atoms with Crippen molar-refractivity contribution in [1.82, 2.24) is 4.98 Å². The Balaban J connectivity index is 1.77. The Hall–Kier alpha value is -3.62. The van der Waals surface area contributed by atoms with E-state index in [4.69, 9.17) is 10.5 Å². The number of nitrogens with zero attached hydrogens (tertiary/aromatic N) is 1. The second-order valence-corrected chi connectivity index (χ2v) is 4.94. The van der Waals surface area contributed by atoms with Crippen molar-refractivity contribution in [2.45, 2.75) is 0 Å². The Bertz CT molecular complexity index is 836. The largest absolute Gasteiger partial charge is 0.466 e. The van der Waals surface area contributed by atoms with Gasteiger partial charge in [-0.1, -0.05) is 6.07 Å². The Morgan fingerprint density at radius 1 is 1.21 bits per heavy atom. The third-order valence-electron chi connectivity index (χ3n) is 3.12. The molecule has 2 aromatic rings. The number of nitrogens with one attached hydrogen (secondary N) is 3. The average molecular weight is 327 g/mol. The Labute approximate surface area is 136 Å². The van der Waals surface area contributed by atoms with Gasteiger partial charge in [0.05, 0.1) is 5.56 Å². The van der Waals surface area contributed by atoms with Gasteiger partial charge in [-0.05, 0) is 24.3 Å². The van der Waals surface area contributed by atoms with Crippen LogP contribution in [0.4, 0.5) is 21.9 Å². The van der Waals surface area contributed by atoms with Crippen molar-refractivity contribution >= 4 is 34.9 Å². The molecule has 1 aromatic heterocycles. The van der Waals surface area contributed by atoms with Crippen LogP contribution in [0.1, 0.15) is 10.4 Å². The number of pyridine rings is 1. The lowest BCUT2D eigenvalue weighted by atomic mass is 10.2. The maximum absolute atomic E-state index is 12.3. The SMILES string of the molecule is NC(=O)Nc1cccc(NC(=O)c2cnc3c(c2)NC(=O)CO3)c1. The van der Waals surface area contributed by atoms with Crippen LogP contribution in [0.15, 0.2) is 36.5 Å². The van der Waals surface area contributed by atoms with Gasteiger partial charge in [-0.3, -0.25) is 9.59 Å². The molecular formula is C15H13N5O4. The Morgan fingerprint density at radius 2 is 1.96 bits per heavy atom. The van der Waals surface area contributed by atoms with Crippen molar-refractivity contribution < 1.29 is 19.1 Å². The fourth-order valence-corrected chi connectivity index (χ4v) is 2.12. The van der Waals surface area contributed by atoms with Crippen LogP contribution in [-0.4, -0.2) is 29.4 Å². The summed E-state index contributed by atoms with van der Waals surface area (Å²) < 4.78 is 5.13. The van der Waals surface area contributed by atoms with Crippen molar-refractivity contribution in [2.75, 3.05) is 22.6 Å². The van der Waals surface area contributed by atoms with Gasteiger partial charge in [-0.2, -0.15) is 0 Å². The fraction of sp³-hybridized carbons (Fsp3) is 0.0667. The molecular weight excluding hydrogens is 314 g/mol. The summed E-state index contributed by atoms with van der Waals surface area (Å²) in [6.45, 7) is -0.106. The number of ether oxygens (including phenoxy) is 1. The quantitative estimate of drug-likeness (QED) is 0.670. The summed E-state index contributed by atoms with van der Waals surface area (Å²) in [5.41, 5.74) is 6.54. The zero-order valence-corrected chi connectivity index (χ0v) is 12.3. The van der Waals surface area contributed by atoms with Crippen molar-refractivity contribution in [3.05, 3.63) is 42.1 Å². The minimum atomic E-state index is -0.701. The highest BCUT2D eigenvalue weighted by Gasteiger charge is 2.19. The molecule has 0 spiro atoms. The van der Waals surface area contributed by atoms with Gasteiger partial charge >= 0.3 is 6.03 Å². The molecule has 122 valence electrons. The van der Waals surface area contributed by atoms with Gasteiger partial charge < -0.3 is 26.4 Å². The van der Waals surface area contributed by atoms with E-state index in [2.05, 4.69) is 20.9 Å². The van der Waals surface area contributed by atoms with E-state index in [0.717, 1.165) is 0 Å². The van der Waals surface area contributed by atoms with Crippen LogP contribution in [-0.2, 0) is 4.79 Å². The summed E-state index contributed by atoms with van der Waals surface area (Å²) in [7, 11) is 0. The topological polar surface area (TPSA) is 135 Å². The van der Waals surface area contributed by atoms with E-state index in [9.17, 15) is 14.4 Å². The zero-order valence-electron chi connectivity index (χ0n) is 12.3. The minimum absolute atomic E-state index is 0.106. The monoisotopic (exact) mass is 327 g/mol. The molecule has 0 bridgehead atoms. The lowest BCUT2D eigenvalue weighted by Gasteiger charge is -2.17. The summed E-state index contributed by atoms with van der Waals surface area (Å²) in [6, 6.07) is 7.27. The molecule has 1 aliphatic heterocycles. The van der Waals surface area contributed by atoms with Gasteiger partial charge in [0.15, 0.2) is 6.61 Å². The molecule has 2 heterocycles. The molecule has 0 aliphatic carbocycles. The number of primary amides is 1. The van der Waals surface area contributed by atoms with Gasteiger partial charge in [0.1, 0.15) is 5.69 Å². The van der Waals surface area contributed by atoms with Crippen LogP contribution in [0.25, 0.3) is 0 Å². The number of rotatable bonds is 3. The summed E-state index contributed by atoms with van der Waals surface area (Å²) >= 11 is 0. The average Bonchev–Trinajstić information content (AvgIpc) is 2.53. The predicted molar refractivity (Wildman–Crippen MR) is 86.0 cm³/mol. The summed E-state index contributed by atoms with van der Waals surface area (Å²) in [5, 5.41) is 7.66. The number of hydrogen-bond acceptors (Lipinski definition) is 5. The van der Waals surface area contributed by atoms with Crippen LogP contribution >= 0.6 is 0 Å². The van der Waals surface area contributed by atoms with Crippen molar-refractivity contribution in [1.29, 1.82) is 0 Å². The first-order valence-electron chi connectivity index (χ1n) is 6.92. The van der Waals surface area contributed by atoms with Gasteiger partial charge in [-0.15, -0.1) is 0 Å². The van der Waals surface area contributed by atoms with Crippen molar-refractivity contribution in [3.63, 3.8) is 0 Å². The second kappa shape index (κ2) is 6.24. The lowest BCUT2D eigenvalue weighted by molar-refractivity contribution is -0.118. The van der Waals surface area contributed by atoms with Crippen LogP contribution in [0.2, 0.25) is 0 Å². The number of amides is 4. The normalized spacial score (nSPS) is 12.4. The number of urea groups is 1. The third-order valence-corrected chi connectivity index (χ3v) is 3.12. The van der Waals surface area contributed by atoms with Gasteiger partial charge in [-0.25, -0.2) is 9.78 Å². The molecule has 3 rings (SSSR count). The molecule has 9 heteroatoms. The highest BCUT2D eigenvalue weighted by Crippen LogP contribution is 2.26. The van der Waals surface area contributed by atoms with E-state index in [0.29, 0.717) is 17.1 Å². The van der Waals surface area contributed by atoms with Gasteiger partial charge in [0, 0.05) is 17.6 Å². The third kappa shape index (κ3) is 3.40. The summed E-state index contributed by atoms with van der Waals surface area (Å²) in [6.07, 6.45) is 1.34. The van der Waals surface area contributed by atoms with Crippen LogP contribution in [0, 0.1) is 0 Å². The molecule has 0 saturated carbocycles. The molecule has 24 heavy (non-hydrogen) atoms. The Kier molecular flexibility index (Phi) is 3.98. The maximum Gasteiger partial charge on any atom is 0.316 e. The first kappa shape index (κ1) is 15.3. The van der Waals surface area contributed by atoms with E-state index in [1.54, 1.807) is 24.3 Å². The predicted octanol–water partition coefficient (Wildman–Crippen LogP) is 1.16. The van der Waals surface area contributed by atoms with E-state index in [1.807, 2.05) is 0 Å². The fourth-order valence-electron chi connectivity index (χ4n) is 2.12. The highest BCUT2D eigenvalue weighted by molar-refractivity contribution is 6.06. The van der Waals surface area contributed by atoms with Crippen LogP contribution < -0.4 is 26.4 Å². The van der Waals surface area contributed by atoms with Crippen molar-refractivity contribution in [3.8, 4) is 5.88 Å². The van der Waals surface area contributed by atoms with Crippen molar-refractivity contribution in [2.24, 2.45) is 5.73 Å². The first-order chi connectivity index (χ1) is 11.5. The molecule has 1 aromatic carbocycles. The number of hydrogen-bond donors (Lipinski definition) is 4. The number of nitrogens with two attached hydrogens (primary N) is 1. The lowest BCUT2D eigenvalue weighted by Crippen LogP contribution is -2.26. The number of fused-ring (bicyclic) bond motifs is 1. The number of carbonyl (C=O) groups is 3. The van der Waals surface area contributed by atoms with Crippen LogP contribution in [0.3, 0.4) is 0 Å². The number of benzene rings is 1. The highest BCUT2D eigenvalue weighted by atomic mass is 16.5. The van der Waals surface area contributed by atoms with Gasteiger partial charge in [0.2, 0.25) is 5.88 Å². The Morgan fingerprint density at radius 3 is 2.71 bits per heavy atom. The standard InChI is InChI=1S/C15H13N5O4/c16-15(23)19-10-3-1-2-9(5-10)18-13(22)8-4-11-14(17-6-8)24-7-12(21)20-11/h1-6H,7H2,(H,18,22)(H,20,21)(H3,16,19,23). The van der Waals surface area contributed by atoms with E-state index in [-0.39, 0.29) is 24.0 Å². The number of anilines is 3. The molecule has 9 nitrogen and oxygen atoms in total. The molecule has 4 amide bonds. The smallest absolute Gasteiger partial charge is 0.316 e. The summed E-state index contributed by atoms with van der Waals surface area (Å²) in [5.74, 6) is -0.479. The molecule has 1 aliphatic rings. The second-order valence-electron chi connectivity index (χ2n) is 4.94. The summed E-state index contributed by atoms with van der Waals surface area (Å²) in [4.78, 5) is 38.5. The van der Waals surface area contributed by atoms with E-state index < -0.39 is 11.9 Å². The zero-order chi connectivity index (χ0) is 17.1. The van der Waals surface area contributed by atoms with E-state index in [1.165, 1.54) is 12.3 Å². The number of carbonyl (C=O) groups excluding carboxylic acids is 3. The first-order valence-corrected chi connectivity index (χ1v) is 6.92. The minimum Gasteiger partial charge on any atom is -0.466 e. The molecule has 0 radical (unpaired) electrons. The van der Waals surface area contributed by atoms with E-state index >= 15 is 0 Å². The molecule has 0 unspecified atom stereocenters. The molecule has 0 saturated heterocycles. The maximum atomic E-state index is 12.3.